The van der Waals surface area contributed by atoms with Crippen LogP contribution in [0.25, 0.3) is 0 Å². The third kappa shape index (κ3) is 5.79. The molecule has 3 rings (SSSR count). The predicted octanol–water partition coefficient (Wildman–Crippen LogP) is -0.0821. The van der Waals surface area contributed by atoms with Gasteiger partial charge in [-0.2, -0.15) is 9.48 Å². The molecule has 7 nitrogen and oxygen atoms in total. The van der Waals surface area contributed by atoms with Gasteiger partial charge in [0.1, 0.15) is 23.1 Å². The maximum Gasteiger partial charge on any atom is 0.459 e. The highest BCUT2D eigenvalue weighted by molar-refractivity contribution is 5.91. The highest BCUT2D eigenvalue weighted by Gasteiger charge is 2.34. The first kappa shape index (κ1) is 21.9. The Kier molecular flexibility index (Phi) is 6.82. The summed E-state index contributed by atoms with van der Waals surface area (Å²) >= 11 is 0. The Hall–Kier alpha value is -2.42. The highest BCUT2D eigenvalue weighted by Crippen LogP contribution is 2.27. The molecule has 0 amide bonds. The number of hydrogen-bond acceptors (Lipinski definition) is 5. The van der Waals surface area contributed by atoms with E-state index < -0.39 is 10.2 Å². The molecule has 1 heterocycles. The lowest BCUT2D eigenvalue weighted by atomic mass is 10.1. The summed E-state index contributed by atoms with van der Waals surface area (Å²) in [7, 11) is -4.94. The quantitative estimate of drug-likeness (QED) is 0.696. The largest absolute Gasteiger partial charge is 0.459 e. The SMILES string of the molecule is CC1=CC(C)[N+](c2ccc(C)cc2)=C(O)N1c1ccc(C)cc1.[O-][Cl+3]([O-])([O-])[O-]. The Bertz CT molecular complexity index is 865. The number of aliphatic hydroxyl groups is 1. The summed E-state index contributed by atoms with van der Waals surface area (Å²) in [5, 5.41) is 10.9. The lowest BCUT2D eigenvalue weighted by Gasteiger charge is -2.25. The van der Waals surface area contributed by atoms with Crippen LogP contribution in [0.15, 0.2) is 60.3 Å². The summed E-state index contributed by atoms with van der Waals surface area (Å²) in [6.45, 7) is 8.24. The number of allylic oxidation sites excluding steroid dienone is 1. The molecule has 1 aliphatic heterocycles. The van der Waals surface area contributed by atoms with Gasteiger partial charge < -0.3 is 5.11 Å². The molecule has 0 radical (unpaired) electrons. The van der Waals surface area contributed by atoms with Gasteiger partial charge in [-0.3, -0.25) is 0 Å². The number of anilines is 1. The van der Waals surface area contributed by atoms with E-state index in [0.717, 1.165) is 17.1 Å². The molecule has 2 aromatic carbocycles. The summed E-state index contributed by atoms with van der Waals surface area (Å²) in [4.78, 5) is 1.89. The van der Waals surface area contributed by atoms with Gasteiger partial charge in [0.15, 0.2) is 0 Å². The third-order valence-electron chi connectivity index (χ3n) is 4.26. The molecule has 1 N–H and O–H groups in total. The standard InChI is InChI=1S/C20H22N2O.ClHO4/c1-14-5-9-18(10-6-14)21-16(3)13-17(4)22(20(21)23)19-11-7-15(2)8-12-19;2-1(3,4)5/h5-13,16H,1-4H3;(H,2,3,4,5). The molecular weight excluding hydrogens is 384 g/mol. The number of nitrogens with zero attached hydrogens (tertiary/aromatic N) is 2. The summed E-state index contributed by atoms with van der Waals surface area (Å²) in [5.74, 6) is 0. The molecule has 0 saturated heterocycles. The van der Waals surface area contributed by atoms with Crippen molar-refractivity contribution >= 4 is 17.4 Å². The Morgan fingerprint density at radius 1 is 0.857 bits per heavy atom. The van der Waals surface area contributed by atoms with Gasteiger partial charge >= 0.3 is 6.02 Å². The average Bonchev–Trinajstić information content (AvgIpc) is 2.56. The summed E-state index contributed by atoms with van der Waals surface area (Å²) in [5.41, 5.74) is 5.39. The Labute approximate surface area is 166 Å². The first-order valence-corrected chi connectivity index (χ1v) is 9.79. The van der Waals surface area contributed by atoms with E-state index in [1.807, 2.05) is 40.7 Å². The molecule has 150 valence electrons. The molecule has 8 heteroatoms. The van der Waals surface area contributed by atoms with E-state index in [4.69, 9.17) is 18.6 Å². The van der Waals surface area contributed by atoms with E-state index in [1.165, 1.54) is 11.1 Å². The molecule has 0 fully saturated rings. The van der Waals surface area contributed by atoms with Crippen LogP contribution in [0.5, 0.6) is 0 Å². The van der Waals surface area contributed by atoms with E-state index in [2.05, 4.69) is 51.1 Å². The fourth-order valence-electron chi connectivity index (χ4n) is 3.01. The molecule has 0 bridgehead atoms. The van der Waals surface area contributed by atoms with Crippen molar-refractivity contribution < 1.29 is 38.6 Å². The van der Waals surface area contributed by atoms with E-state index in [-0.39, 0.29) is 12.1 Å². The third-order valence-corrected chi connectivity index (χ3v) is 4.26. The van der Waals surface area contributed by atoms with Crippen molar-refractivity contribution in [1.29, 1.82) is 0 Å². The number of hydrogen-bond donors (Lipinski definition) is 1. The zero-order chi connectivity index (χ0) is 21.1. The number of aliphatic hydroxyl groups excluding tert-OH is 1. The summed E-state index contributed by atoms with van der Waals surface area (Å²) in [6.07, 6.45) is 2.17. The Morgan fingerprint density at radius 2 is 1.29 bits per heavy atom. The molecule has 0 spiro atoms. The fourth-order valence-corrected chi connectivity index (χ4v) is 3.01. The second kappa shape index (κ2) is 8.72. The van der Waals surface area contributed by atoms with Crippen LogP contribution in [0.3, 0.4) is 0 Å². The van der Waals surface area contributed by atoms with Gasteiger partial charge in [-0.05, 0) is 52.0 Å². The van der Waals surface area contributed by atoms with E-state index in [0.29, 0.717) is 0 Å². The Balaban J connectivity index is 0.000000500. The van der Waals surface area contributed by atoms with Crippen LogP contribution in [0, 0.1) is 24.1 Å². The topological polar surface area (TPSA) is 119 Å². The van der Waals surface area contributed by atoms with Crippen LogP contribution in [0.4, 0.5) is 11.4 Å². The molecular formula is C20H23ClN2O5. The maximum absolute atomic E-state index is 10.9. The van der Waals surface area contributed by atoms with E-state index in [1.54, 1.807) is 0 Å². The molecule has 2 aromatic rings. The van der Waals surface area contributed by atoms with E-state index in [9.17, 15) is 5.11 Å². The van der Waals surface area contributed by atoms with Crippen molar-refractivity contribution in [1.82, 2.24) is 0 Å². The molecule has 1 atom stereocenters. The van der Waals surface area contributed by atoms with Crippen molar-refractivity contribution in [2.45, 2.75) is 33.7 Å². The van der Waals surface area contributed by atoms with E-state index >= 15 is 0 Å². The van der Waals surface area contributed by atoms with Crippen molar-refractivity contribution in [3.8, 4) is 0 Å². The predicted molar refractivity (Wildman–Crippen MR) is 95.6 cm³/mol. The lowest BCUT2D eigenvalue weighted by Crippen LogP contribution is -2.68. The van der Waals surface area contributed by atoms with Crippen LogP contribution in [-0.2, 0) is 0 Å². The number of halogens is 1. The minimum atomic E-state index is -4.94. The first-order chi connectivity index (χ1) is 13.0. The highest BCUT2D eigenvalue weighted by atomic mass is 35.7. The zero-order valence-electron chi connectivity index (χ0n) is 16.1. The minimum Gasteiger partial charge on any atom is -0.446 e. The summed E-state index contributed by atoms with van der Waals surface area (Å²) in [6, 6.07) is 16.7. The van der Waals surface area contributed by atoms with Crippen LogP contribution < -0.4 is 23.5 Å². The van der Waals surface area contributed by atoms with Crippen LogP contribution in [0.1, 0.15) is 25.0 Å². The number of amidine groups is 1. The molecule has 28 heavy (non-hydrogen) atoms. The van der Waals surface area contributed by atoms with Crippen molar-refractivity contribution in [3.05, 3.63) is 71.4 Å². The van der Waals surface area contributed by atoms with Gasteiger partial charge in [0.05, 0.1) is 0 Å². The molecule has 0 aromatic heterocycles. The first-order valence-electron chi connectivity index (χ1n) is 8.56. The lowest BCUT2D eigenvalue weighted by molar-refractivity contribution is -2.00. The van der Waals surface area contributed by atoms with Crippen LogP contribution in [-0.4, -0.2) is 21.7 Å². The normalized spacial score (nSPS) is 17.1. The maximum atomic E-state index is 10.9. The summed E-state index contributed by atoms with van der Waals surface area (Å²) < 4.78 is 35.9. The fraction of sp³-hybridized carbons (Fsp3) is 0.250. The van der Waals surface area contributed by atoms with Crippen molar-refractivity contribution in [3.63, 3.8) is 0 Å². The van der Waals surface area contributed by atoms with Crippen LogP contribution in [0.2, 0.25) is 0 Å². The number of aryl methyl sites for hydroxylation is 2. The minimum absolute atomic E-state index is 0.0967. The molecule has 1 aliphatic rings. The smallest absolute Gasteiger partial charge is 0.446 e. The van der Waals surface area contributed by atoms with Crippen molar-refractivity contribution in [2.75, 3.05) is 4.90 Å². The zero-order valence-corrected chi connectivity index (χ0v) is 16.9. The number of rotatable bonds is 2. The van der Waals surface area contributed by atoms with Gasteiger partial charge in [-0.25, -0.2) is 18.6 Å². The van der Waals surface area contributed by atoms with Gasteiger partial charge in [-0.1, -0.05) is 35.4 Å². The molecule has 0 saturated carbocycles. The Morgan fingerprint density at radius 3 is 1.75 bits per heavy atom. The van der Waals surface area contributed by atoms with Crippen LogP contribution >= 0.6 is 0 Å². The second-order valence-corrected chi connectivity index (χ2v) is 7.36. The molecule has 1 unspecified atom stereocenters. The van der Waals surface area contributed by atoms with Gasteiger partial charge in [-0.15, -0.1) is 10.2 Å². The van der Waals surface area contributed by atoms with Gasteiger partial charge in [0.25, 0.3) is 0 Å². The van der Waals surface area contributed by atoms with Gasteiger partial charge in [0.2, 0.25) is 0 Å². The average molecular weight is 407 g/mol. The van der Waals surface area contributed by atoms with Crippen molar-refractivity contribution in [2.24, 2.45) is 0 Å². The second-order valence-electron chi connectivity index (χ2n) is 6.60. The molecule has 0 aliphatic carbocycles. The van der Waals surface area contributed by atoms with Gasteiger partial charge in [0, 0.05) is 6.08 Å². The number of benzene rings is 2. The monoisotopic (exact) mass is 406 g/mol.